The average molecular weight is 326 g/mol. The Kier molecular flexibility index (Phi) is 3.98. The predicted octanol–water partition coefficient (Wildman–Crippen LogP) is 2.01. The van der Waals surface area contributed by atoms with Crippen LogP contribution in [-0.4, -0.2) is 65.2 Å². The van der Waals surface area contributed by atoms with E-state index in [1.165, 1.54) is 0 Å². The zero-order valence-electron chi connectivity index (χ0n) is 13.9. The molecule has 0 unspecified atom stereocenters. The minimum absolute atomic E-state index is 0.0658. The number of aromatic amines is 1. The van der Waals surface area contributed by atoms with Crippen molar-refractivity contribution in [2.45, 2.75) is 18.9 Å². The SMILES string of the molecule is COc1ccc(-c2cc(C(=O)N3CCN4CCC3CC4)[nH]n2)cc1. The summed E-state index contributed by atoms with van der Waals surface area (Å²) in [5.41, 5.74) is 2.32. The highest BCUT2D eigenvalue weighted by molar-refractivity contribution is 5.93. The van der Waals surface area contributed by atoms with Gasteiger partial charge in [-0.1, -0.05) is 0 Å². The normalized spacial score (nSPS) is 23.1. The molecule has 0 saturated carbocycles. The number of rotatable bonds is 3. The number of ether oxygens (including phenoxy) is 1. The van der Waals surface area contributed by atoms with Crippen LogP contribution in [0.1, 0.15) is 23.3 Å². The van der Waals surface area contributed by atoms with Gasteiger partial charge in [-0.05, 0) is 43.2 Å². The Hall–Kier alpha value is -2.34. The minimum Gasteiger partial charge on any atom is -0.497 e. The van der Waals surface area contributed by atoms with Gasteiger partial charge in [-0.2, -0.15) is 5.10 Å². The Morgan fingerprint density at radius 3 is 2.62 bits per heavy atom. The molecule has 1 N–H and O–H groups in total. The second-order valence-corrected chi connectivity index (χ2v) is 6.47. The van der Waals surface area contributed by atoms with Crippen LogP contribution < -0.4 is 4.74 Å². The third kappa shape index (κ3) is 2.78. The molecule has 3 saturated heterocycles. The van der Waals surface area contributed by atoms with Crippen LogP contribution in [0.4, 0.5) is 0 Å². The van der Waals surface area contributed by atoms with Gasteiger partial charge in [0, 0.05) is 37.8 Å². The van der Waals surface area contributed by atoms with Crippen molar-refractivity contribution in [2.24, 2.45) is 0 Å². The molecule has 0 aliphatic carbocycles. The van der Waals surface area contributed by atoms with E-state index < -0.39 is 0 Å². The van der Waals surface area contributed by atoms with Crippen LogP contribution in [0.15, 0.2) is 30.3 Å². The van der Waals surface area contributed by atoms with E-state index in [9.17, 15) is 4.79 Å². The quantitative estimate of drug-likeness (QED) is 0.937. The van der Waals surface area contributed by atoms with E-state index in [4.69, 9.17) is 4.74 Å². The van der Waals surface area contributed by atoms with Gasteiger partial charge in [-0.15, -0.1) is 0 Å². The smallest absolute Gasteiger partial charge is 0.272 e. The number of H-pyrrole nitrogens is 1. The maximum atomic E-state index is 12.9. The molecule has 2 bridgehead atoms. The van der Waals surface area contributed by atoms with Crippen molar-refractivity contribution in [1.82, 2.24) is 20.0 Å². The molecule has 1 aromatic carbocycles. The summed E-state index contributed by atoms with van der Waals surface area (Å²) in [4.78, 5) is 17.4. The zero-order valence-corrected chi connectivity index (χ0v) is 13.9. The molecule has 126 valence electrons. The molecule has 24 heavy (non-hydrogen) atoms. The van der Waals surface area contributed by atoms with Crippen molar-refractivity contribution in [3.63, 3.8) is 0 Å². The summed E-state index contributed by atoms with van der Waals surface area (Å²) in [6, 6.07) is 9.90. The summed E-state index contributed by atoms with van der Waals surface area (Å²) in [5.74, 6) is 0.872. The van der Waals surface area contributed by atoms with Crippen LogP contribution in [0.5, 0.6) is 5.75 Å². The zero-order chi connectivity index (χ0) is 16.5. The molecule has 1 aromatic heterocycles. The summed E-state index contributed by atoms with van der Waals surface area (Å²) in [5, 5.41) is 7.24. The summed E-state index contributed by atoms with van der Waals surface area (Å²) in [6.07, 6.45) is 2.15. The lowest BCUT2D eigenvalue weighted by Gasteiger charge is -2.31. The number of nitrogens with one attached hydrogen (secondary N) is 1. The molecule has 6 heteroatoms. The predicted molar refractivity (Wildman–Crippen MR) is 91.1 cm³/mol. The van der Waals surface area contributed by atoms with Gasteiger partial charge in [0.25, 0.3) is 5.91 Å². The standard InChI is InChI=1S/C18H22N4O2/c1-24-15-4-2-13(3-5-15)16-12-17(20-19-16)18(23)22-11-10-21-8-6-14(22)7-9-21/h2-5,12,14H,6-11H2,1H3,(H,19,20). The van der Waals surface area contributed by atoms with Gasteiger partial charge < -0.3 is 14.5 Å². The minimum atomic E-state index is 0.0658. The number of nitrogens with zero attached hydrogens (tertiary/aromatic N) is 3. The number of piperidine rings is 1. The fraction of sp³-hybridized carbons (Fsp3) is 0.444. The van der Waals surface area contributed by atoms with E-state index in [0.717, 1.165) is 56.0 Å². The molecule has 2 aromatic rings. The Morgan fingerprint density at radius 2 is 1.92 bits per heavy atom. The highest BCUT2D eigenvalue weighted by Gasteiger charge is 2.32. The Morgan fingerprint density at radius 1 is 1.17 bits per heavy atom. The van der Waals surface area contributed by atoms with E-state index in [0.29, 0.717) is 11.7 Å². The molecule has 6 nitrogen and oxygen atoms in total. The average Bonchev–Trinajstić information content (AvgIpc) is 2.94. The molecule has 5 rings (SSSR count). The van der Waals surface area contributed by atoms with Crippen LogP contribution >= 0.6 is 0 Å². The molecule has 3 aliphatic rings. The number of carbonyl (C=O) groups excluding carboxylic acids is 1. The number of fused-ring (bicyclic) bond motifs is 4. The summed E-state index contributed by atoms with van der Waals surface area (Å²) >= 11 is 0. The number of methoxy groups -OCH3 is 1. The topological polar surface area (TPSA) is 61.5 Å². The summed E-state index contributed by atoms with van der Waals surface area (Å²) in [7, 11) is 1.64. The van der Waals surface area contributed by atoms with Crippen LogP contribution in [-0.2, 0) is 0 Å². The first-order chi connectivity index (χ1) is 11.7. The molecule has 3 fully saturated rings. The first-order valence-electron chi connectivity index (χ1n) is 8.48. The van der Waals surface area contributed by atoms with E-state index in [2.05, 4.69) is 15.1 Å². The van der Waals surface area contributed by atoms with Gasteiger partial charge >= 0.3 is 0 Å². The highest BCUT2D eigenvalue weighted by atomic mass is 16.5. The number of hydrogen-bond donors (Lipinski definition) is 1. The third-order valence-corrected chi connectivity index (χ3v) is 5.11. The number of aromatic nitrogens is 2. The Balaban J connectivity index is 1.54. The van der Waals surface area contributed by atoms with Crippen molar-refractivity contribution in [1.29, 1.82) is 0 Å². The number of carbonyl (C=O) groups is 1. The van der Waals surface area contributed by atoms with E-state index in [-0.39, 0.29) is 5.91 Å². The van der Waals surface area contributed by atoms with Gasteiger partial charge in [0.2, 0.25) is 0 Å². The maximum absolute atomic E-state index is 12.9. The molecule has 0 radical (unpaired) electrons. The van der Waals surface area contributed by atoms with Crippen LogP contribution in [0.2, 0.25) is 0 Å². The van der Waals surface area contributed by atoms with Crippen LogP contribution in [0.25, 0.3) is 11.3 Å². The summed E-state index contributed by atoms with van der Waals surface area (Å²) in [6.45, 7) is 3.99. The lowest BCUT2D eigenvalue weighted by atomic mass is 10.0. The highest BCUT2D eigenvalue weighted by Crippen LogP contribution is 2.24. The summed E-state index contributed by atoms with van der Waals surface area (Å²) < 4.78 is 5.17. The second kappa shape index (κ2) is 6.28. The first kappa shape index (κ1) is 15.2. The van der Waals surface area contributed by atoms with Crippen molar-refractivity contribution in [2.75, 3.05) is 33.3 Å². The van der Waals surface area contributed by atoms with Gasteiger partial charge in [0.05, 0.1) is 12.8 Å². The fourth-order valence-electron chi connectivity index (χ4n) is 3.65. The van der Waals surface area contributed by atoms with Crippen molar-refractivity contribution >= 4 is 5.91 Å². The van der Waals surface area contributed by atoms with E-state index in [1.54, 1.807) is 7.11 Å². The molecule has 3 aliphatic heterocycles. The van der Waals surface area contributed by atoms with Crippen LogP contribution in [0, 0.1) is 0 Å². The van der Waals surface area contributed by atoms with Gasteiger partial charge in [-0.3, -0.25) is 9.89 Å². The van der Waals surface area contributed by atoms with Gasteiger partial charge in [-0.25, -0.2) is 0 Å². The van der Waals surface area contributed by atoms with E-state index in [1.807, 2.05) is 35.2 Å². The lowest BCUT2D eigenvalue weighted by Crippen LogP contribution is -2.41. The number of amides is 1. The second-order valence-electron chi connectivity index (χ2n) is 6.47. The molecular formula is C18H22N4O2. The van der Waals surface area contributed by atoms with Crippen LogP contribution in [0.3, 0.4) is 0 Å². The first-order valence-corrected chi connectivity index (χ1v) is 8.48. The van der Waals surface area contributed by atoms with Crippen molar-refractivity contribution in [3.05, 3.63) is 36.0 Å². The monoisotopic (exact) mass is 326 g/mol. The molecular weight excluding hydrogens is 304 g/mol. The fourth-order valence-corrected chi connectivity index (χ4v) is 3.65. The number of hydrogen-bond acceptors (Lipinski definition) is 4. The third-order valence-electron chi connectivity index (χ3n) is 5.11. The van der Waals surface area contributed by atoms with Crippen molar-refractivity contribution in [3.8, 4) is 17.0 Å². The van der Waals surface area contributed by atoms with Crippen molar-refractivity contribution < 1.29 is 9.53 Å². The maximum Gasteiger partial charge on any atom is 0.272 e. The molecule has 0 spiro atoms. The Bertz CT molecular complexity index is 717. The molecule has 4 heterocycles. The Labute approximate surface area is 141 Å². The van der Waals surface area contributed by atoms with Gasteiger partial charge in [0.15, 0.2) is 0 Å². The van der Waals surface area contributed by atoms with Gasteiger partial charge in [0.1, 0.15) is 11.4 Å². The number of benzene rings is 1. The molecule has 0 atom stereocenters. The van der Waals surface area contributed by atoms with E-state index >= 15 is 0 Å². The molecule has 1 amide bonds. The largest absolute Gasteiger partial charge is 0.497 e. The lowest BCUT2D eigenvalue weighted by molar-refractivity contribution is 0.0679.